The molecule has 2 atom stereocenters. The Morgan fingerprint density at radius 2 is 1.64 bits per heavy atom. The van der Waals surface area contributed by atoms with Gasteiger partial charge in [0.05, 0.1) is 0 Å². The molecule has 0 aromatic heterocycles. The topological polar surface area (TPSA) is 20.2 Å². The molecule has 0 fully saturated rings. The van der Waals surface area contributed by atoms with Crippen molar-refractivity contribution in [1.29, 1.82) is 0 Å². The zero-order valence-electron chi connectivity index (χ0n) is 8.14. The maximum Gasteiger partial charge on any atom is 0.0431 e. The maximum atomic E-state index is 8.63. The van der Waals surface area contributed by atoms with Crippen LogP contribution in [0, 0.1) is 11.8 Å². The molecule has 0 bridgehead atoms. The van der Waals surface area contributed by atoms with E-state index >= 15 is 0 Å². The molecule has 0 saturated heterocycles. The molecular weight excluding hydrogens is 136 g/mol. The predicted molar refractivity (Wildman–Crippen MR) is 49.6 cm³/mol. The fraction of sp³-hybridized carbons (Fsp3) is 1.00. The number of rotatable bonds is 6. The third-order valence-corrected chi connectivity index (χ3v) is 2.53. The smallest absolute Gasteiger partial charge is 0.0431 e. The lowest BCUT2D eigenvalue weighted by Gasteiger charge is -2.18. The molecule has 0 radical (unpaired) electrons. The van der Waals surface area contributed by atoms with Crippen LogP contribution in [0.3, 0.4) is 0 Å². The SMILES string of the molecule is CCCC(C)C(C)CCCO. The van der Waals surface area contributed by atoms with E-state index in [4.69, 9.17) is 5.11 Å². The van der Waals surface area contributed by atoms with Crippen LogP contribution in [0.25, 0.3) is 0 Å². The first-order valence-electron chi connectivity index (χ1n) is 4.83. The standard InChI is InChI=1S/C10H22O/c1-4-6-9(2)10(3)7-5-8-11/h9-11H,4-8H2,1-3H3. The molecule has 0 heterocycles. The van der Waals surface area contributed by atoms with Crippen molar-refractivity contribution in [3.05, 3.63) is 0 Å². The van der Waals surface area contributed by atoms with Crippen molar-refractivity contribution >= 4 is 0 Å². The van der Waals surface area contributed by atoms with Crippen LogP contribution in [0.1, 0.15) is 46.5 Å². The van der Waals surface area contributed by atoms with Gasteiger partial charge in [-0.1, -0.05) is 33.6 Å². The summed E-state index contributed by atoms with van der Waals surface area (Å²) >= 11 is 0. The van der Waals surface area contributed by atoms with Gasteiger partial charge in [0.15, 0.2) is 0 Å². The highest BCUT2D eigenvalue weighted by molar-refractivity contribution is 4.61. The summed E-state index contributed by atoms with van der Waals surface area (Å²) in [6, 6.07) is 0. The van der Waals surface area contributed by atoms with Crippen LogP contribution in [0.15, 0.2) is 0 Å². The second-order valence-corrected chi connectivity index (χ2v) is 3.61. The lowest BCUT2D eigenvalue weighted by molar-refractivity contribution is 0.253. The normalized spacial score (nSPS) is 16.4. The van der Waals surface area contributed by atoms with E-state index < -0.39 is 0 Å². The third kappa shape index (κ3) is 5.25. The van der Waals surface area contributed by atoms with E-state index in [0.29, 0.717) is 6.61 Å². The Kier molecular flexibility index (Phi) is 6.63. The molecule has 0 spiro atoms. The molecule has 0 aromatic rings. The fourth-order valence-electron chi connectivity index (χ4n) is 1.44. The Labute approximate surface area is 70.8 Å². The highest BCUT2D eigenvalue weighted by Crippen LogP contribution is 2.20. The van der Waals surface area contributed by atoms with Crippen LogP contribution in [0.5, 0.6) is 0 Å². The summed E-state index contributed by atoms with van der Waals surface area (Å²) in [6.45, 7) is 7.18. The zero-order chi connectivity index (χ0) is 8.69. The van der Waals surface area contributed by atoms with Crippen molar-refractivity contribution in [3.8, 4) is 0 Å². The number of aliphatic hydroxyl groups is 1. The molecule has 0 aliphatic carbocycles. The Morgan fingerprint density at radius 3 is 2.09 bits per heavy atom. The van der Waals surface area contributed by atoms with E-state index in [1.165, 1.54) is 19.3 Å². The third-order valence-electron chi connectivity index (χ3n) is 2.53. The first-order valence-corrected chi connectivity index (χ1v) is 4.83. The lowest BCUT2D eigenvalue weighted by Crippen LogP contribution is -2.08. The van der Waals surface area contributed by atoms with Crippen molar-refractivity contribution < 1.29 is 5.11 Å². The van der Waals surface area contributed by atoms with Crippen LogP contribution < -0.4 is 0 Å². The van der Waals surface area contributed by atoms with Gasteiger partial charge in [-0.15, -0.1) is 0 Å². The average molecular weight is 158 g/mol. The predicted octanol–water partition coefficient (Wildman–Crippen LogP) is 2.83. The Morgan fingerprint density at radius 1 is 1.09 bits per heavy atom. The maximum absolute atomic E-state index is 8.63. The van der Waals surface area contributed by atoms with E-state index in [1.54, 1.807) is 0 Å². The molecule has 0 aromatic carbocycles. The van der Waals surface area contributed by atoms with Crippen molar-refractivity contribution in [2.75, 3.05) is 6.61 Å². The van der Waals surface area contributed by atoms with Gasteiger partial charge < -0.3 is 5.11 Å². The van der Waals surface area contributed by atoms with E-state index in [-0.39, 0.29) is 0 Å². The molecule has 0 rings (SSSR count). The molecular formula is C10H22O. The van der Waals surface area contributed by atoms with Crippen LogP contribution in [-0.4, -0.2) is 11.7 Å². The van der Waals surface area contributed by atoms with E-state index in [2.05, 4.69) is 20.8 Å². The summed E-state index contributed by atoms with van der Waals surface area (Å²) in [5.74, 6) is 1.61. The monoisotopic (exact) mass is 158 g/mol. The first kappa shape index (κ1) is 11.0. The Hall–Kier alpha value is -0.0400. The average Bonchev–Trinajstić information content (AvgIpc) is 2.00. The summed E-state index contributed by atoms with van der Waals surface area (Å²) in [7, 11) is 0. The molecule has 1 N–H and O–H groups in total. The Bertz CT molecular complexity index is 80.9. The van der Waals surface area contributed by atoms with Gasteiger partial charge in [0.2, 0.25) is 0 Å². The largest absolute Gasteiger partial charge is 0.396 e. The Balaban J connectivity index is 3.38. The van der Waals surface area contributed by atoms with Crippen molar-refractivity contribution in [1.82, 2.24) is 0 Å². The van der Waals surface area contributed by atoms with Gasteiger partial charge in [-0.3, -0.25) is 0 Å². The van der Waals surface area contributed by atoms with Gasteiger partial charge in [-0.2, -0.15) is 0 Å². The quantitative estimate of drug-likeness (QED) is 0.630. The van der Waals surface area contributed by atoms with Gasteiger partial charge in [-0.05, 0) is 24.7 Å². The molecule has 68 valence electrons. The summed E-state index contributed by atoms with van der Waals surface area (Å²) in [6.07, 6.45) is 4.75. The van der Waals surface area contributed by atoms with Gasteiger partial charge in [0, 0.05) is 6.61 Å². The second-order valence-electron chi connectivity index (χ2n) is 3.61. The minimum absolute atomic E-state index is 0.350. The van der Waals surface area contributed by atoms with Crippen molar-refractivity contribution in [2.45, 2.75) is 46.5 Å². The lowest BCUT2D eigenvalue weighted by atomic mass is 9.88. The first-order chi connectivity index (χ1) is 5.22. The minimum atomic E-state index is 0.350. The number of hydrogen-bond donors (Lipinski definition) is 1. The van der Waals surface area contributed by atoms with Crippen LogP contribution >= 0.6 is 0 Å². The van der Waals surface area contributed by atoms with Gasteiger partial charge >= 0.3 is 0 Å². The van der Waals surface area contributed by atoms with Gasteiger partial charge in [0.1, 0.15) is 0 Å². The molecule has 0 aliphatic rings. The van der Waals surface area contributed by atoms with Crippen molar-refractivity contribution in [2.24, 2.45) is 11.8 Å². The fourth-order valence-corrected chi connectivity index (χ4v) is 1.44. The van der Waals surface area contributed by atoms with Crippen molar-refractivity contribution in [3.63, 3.8) is 0 Å². The number of hydrogen-bond acceptors (Lipinski definition) is 1. The summed E-state index contributed by atoms with van der Waals surface area (Å²) in [5.41, 5.74) is 0. The minimum Gasteiger partial charge on any atom is -0.396 e. The van der Waals surface area contributed by atoms with Crippen LogP contribution in [0.2, 0.25) is 0 Å². The van der Waals surface area contributed by atoms with E-state index in [1.807, 2.05) is 0 Å². The summed E-state index contributed by atoms with van der Waals surface area (Å²) in [4.78, 5) is 0. The van der Waals surface area contributed by atoms with Gasteiger partial charge in [0.25, 0.3) is 0 Å². The highest BCUT2D eigenvalue weighted by atomic mass is 16.2. The summed E-state index contributed by atoms with van der Waals surface area (Å²) < 4.78 is 0. The van der Waals surface area contributed by atoms with Gasteiger partial charge in [-0.25, -0.2) is 0 Å². The molecule has 1 heteroatoms. The van der Waals surface area contributed by atoms with E-state index in [9.17, 15) is 0 Å². The molecule has 1 nitrogen and oxygen atoms in total. The molecule has 2 unspecified atom stereocenters. The molecule has 0 amide bonds. The number of aliphatic hydroxyl groups excluding tert-OH is 1. The van der Waals surface area contributed by atoms with Crippen LogP contribution in [-0.2, 0) is 0 Å². The zero-order valence-corrected chi connectivity index (χ0v) is 8.14. The summed E-state index contributed by atoms with van der Waals surface area (Å²) in [5, 5.41) is 8.63. The molecule has 11 heavy (non-hydrogen) atoms. The second kappa shape index (κ2) is 6.66. The van der Waals surface area contributed by atoms with Crippen LogP contribution in [0.4, 0.5) is 0 Å². The highest BCUT2D eigenvalue weighted by Gasteiger charge is 2.09. The molecule has 0 saturated carbocycles. The van der Waals surface area contributed by atoms with E-state index in [0.717, 1.165) is 18.3 Å². The molecule has 0 aliphatic heterocycles.